The van der Waals surface area contributed by atoms with Crippen molar-refractivity contribution in [2.75, 3.05) is 0 Å². The first kappa shape index (κ1) is 50.4. The molecule has 20 aromatic rings. The molecule has 12 aromatic carbocycles. The molecule has 8 heterocycles. The van der Waals surface area contributed by atoms with Gasteiger partial charge in [0.25, 0.3) is 11.1 Å². The van der Waals surface area contributed by atoms with Crippen molar-refractivity contribution in [2.24, 2.45) is 0 Å². The molecule has 0 saturated carbocycles. The van der Waals surface area contributed by atoms with Crippen LogP contribution >= 0.6 is 22.7 Å². The SMILES string of the molecule is O=c1c2ccccc2c2cc(-c3ccc4sc5cc(-c6ccc7c(c6)c(=O)n6c8cn(-c9cc(-c%10ccccc%10)nc(-c%10ccccc%10)c9)cc8c8cc(-c9ccccc9)cc7c86)ccc5c4c3)cc3c4cc(-c5ccc6sc7ccccc7c6c5)ccc4n1c23. The maximum atomic E-state index is 15.5. The summed E-state index contributed by atoms with van der Waals surface area (Å²) in [7, 11) is 0. The molecule has 0 spiro atoms. The Morgan fingerprint density at radius 3 is 1.33 bits per heavy atom. The molecule has 6 nitrogen and oxygen atoms in total. The molecule has 0 saturated heterocycles. The van der Waals surface area contributed by atoms with Crippen LogP contribution in [-0.2, 0) is 0 Å². The average molecular weight is 1200 g/mol. The van der Waals surface area contributed by atoms with Crippen LogP contribution < -0.4 is 11.1 Å². The van der Waals surface area contributed by atoms with E-state index in [-0.39, 0.29) is 11.1 Å². The summed E-state index contributed by atoms with van der Waals surface area (Å²) in [5.74, 6) is 0. The molecule has 0 aliphatic rings. The first-order valence-electron chi connectivity index (χ1n) is 30.6. The monoisotopic (exact) mass is 1190 g/mol. The van der Waals surface area contributed by atoms with E-state index in [1.54, 1.807) is 11.3 Å². The van der Waals surface area contributed by atoms with E-state index in [2.05, 4.69) is 229 Å². The Balaban J connectivity index is 0.721. The van der Waals surface area contributed by atoms with Crippen LogP contribution in [0, 0.1) is 0 Å². The molecule has 0 bridgehead atoms. The van der Waals surface area contributed by atoms with Crippen LogP contribution in [0.3, 0.4) is 0 Å². The molecule has 0 aliphatic heterocycles. The summed E-state index contributed by atoms with van der Waals surface area (Å²) in [6.07, 6.45) is 4.30. The lowest BCUT2D eigenvalue weighted by molar-refractivity contribution is 1.07. The number of nitrogens with zero attached hydrogens (tertiary/aromatic N) is 4. The number of rotatable bonds is 7. The lowest BCUT2D eigenvalue weighted by Crippen LogP contribution is -2.13. The number of pyridine rings is 3. The van der Waals surface area contributed by atoms with Crippen molar-refractivity contribution in [1.29, 1.82) is 0 Å². The number of thiophene rings is 2. The molecule has 20 rings (SSSR count). The van der Waals surface area contributed by atoms with Crippen LogP contribution in [0.25, 0.3) is 189 Å². The summed E-state index contributed by atoms with van der Waals surface area (Å²) >= 11 is 3.62. The fraction of sp³-hybridized carbons (Fsp3) is 0. The van der Waals surface area contributed by atoms with Crippen LogP contribution in [-0.4, -0.2) is 18.4 Å². The van der Waals surface area contributed by atoms with Gasteiger partial charge in [-0.05, 0) is 152 Å². The Hall–Kier alpha value is -11.6. The predicted octanol–water partition coefficient (Wildman–Crippen LogP) is 21.6. The summed E-state index contributed by atoms with van der Waals surface area (Å²) in [6, 6.07) is 94.7. The number of aromatic nitrogens is 4. The predicted molar refractivity (Wildman–Crippen MR) is 384 cm³/mol. The molecule has 422 valence electrons. The zero-order valence-corrected chi connectivity index (χ0v) is 50.1. The lowest BCUT2D eigenvalue weighted by atomic mass is 9.95. The van der Waals surface area contributed by atoms with Crippen molar-refractivity contribution >= 4 is 139 Å². The Morgan fingerprint density at radius 1 is 0.253 bits per heavy atom. The van der Waals surface area contributed by atoms with Gasteiger partial charge >= 0.3 is 0 Å². The highest BCUT2D eigenvalue weighted by Gasteiger charge is 2.24. The average Bonchev–Trinajstić information content (AvgIpc) is 1.58. The van der Waals surface area contributed by atoms with Crippen LogP contribution in [0.15, 0.2) is 289 Å². The zero-order valence-electron chi connectivity index (χ0n) is 48.5. The van der Waals surface area contributed by atoms with Crippen molar-refractivity contribution in [2.45, 2.75) is 0 Å². The Kier molecular flexibility index (Phi) is 10.5. The van der Waals surface area contributed by atoms with Gasteiger partial charge in [0.2, 0.25) is 0 Å². The largest absolute Gasteiger partial charge is 0.321 e. The van der Waals surface area contributed by atoms with Crippen molar-refractivity contribution in [3.63, 3.8) is 0 Å². The van der Waals surface area contributed by atoms with Gasteiger partial charge in [-0.1, -0.05) is 170 Å². The standard InChI is InChI=1S/C83H46N4O2S2/c88-82-62-22-11-10-20-58(62)66-40-56(41-68-63-34-51(26-31-74(63)86(82)80(66)68)52-27-32-77-64(35-52)60-21-12-13-23-76(60)90-77)53-28-33-78-65(36-53)61-30-25-54(42-79(61)91-78)50-24-29-59-67-38-55(47-14-4-1-5-15-47)39-69-71-45-85(46-75(71)87(81(67)69)83(89)70(59)37-50)57-43-72(48-16-6-2-7-17-48)84-73(44-57)49-18-8-3-9-19-49/h1-46H. The van der Waals surface area contributed by atoms with Crippen molar-refractivity contribution < 1.29 is 0 Å². The van der Waals surface area contributed by atoms with Gasteiger partial charge in [0.1, 0.15) is 0 Å². The topological polar surface area (TPSA) is 60.8 Å². The highest BCUT2D eigenvalue weighted by Crippen LogP contribution is 2.45. The molecule has 0 N–H and O–H groups in total. The van der Waals surface area contributed by atoms with E-state index in [9.17, 15) is 4.79 Å². The van der Waals surface area contributed by atoms with E-state index >= 15 is 4.79 Å². The van der Waals surface area contributed by atoms with Crippen molar-refractivity contribution in [3.8, 4) is 72.7 Å². The fourth-order valence-corrected chi connectivity index (χ4v) is 17.0. The Labute approximate surface area is 526 Å². The number of fused-ring (bicyclic) bond motifs is 16. The molecule has 0 unspecified atom stereocenters. The fourth-order valence-electron chi connectivity index (χ4n) is 14.8. The lowest BCUT2D eigenvalue weighted by Gasteiger charge is -2.12. The number of benzene rings is 12. The smallest absolute Gasteiger partial charge is 0.263 e. The molecule has 0 atom stereocenters. The molecule has 8 heteroatoms. The van der Waals surface area contributed by atoms with E-state index in [1.807, 2.05) is 74.7 Å². The Bertz CT molecular complexity index is 6560. The molecule has 0 fully saturated rings. The first-order chi connectivity index (χ1) is 44.9. The van der Waals surface area contributed by atoms with E-state index in [1.165, 1.54) is 40.3 Å². The summed E-state index contributed by atoms with van der Waals surface area (Å²) in [4.78, 5) is 35.3. The van der Waals surface area contributed by atoms with E-state index < -0.39 is 0 Å². The maximum Gasteiger partial charge on any atom is 0.263 e. The minimum absolute atomic E-state index is 0.00180. The van der Waals surface area contributed by atoms with Crippen molar-refractivity contribution in [1.82, 2.24) is 18.4 Å². The third kappa shape index (κ3) is 7.49. The summed E-state index contributed by atoms with van der Waals surface area (Å²) in [5, 5.41) is 14.4. The molecular weight excluding hydrogens is 1150 g/mol. The van der Waals surface area contributed by atoms with E-state index in [0.29, 0.717) is 10.8 Å². The quantitative estimate of drug-likeness (QED) is 0.149. The summed E-state index contributed by atoms with van der Waals surface area (Å²) < 4.78 is 11.0. The second kappa shape index (κ2) is 19.0. The van der Waals surface area contributed by atoms with Crippen LogP contribution in [0.4, 0.5) is 0 Å². The van der Waals surface area contributed by atoms with Gasteiger partial charge in [-0.15, -0.1) is 22.7 Å². The van der Waals surface area contributed by atoms with Gasteiger partial charge in [-0.3, -0.25) is 18.4 Å². The number of hydrogen-bond acceptors (Lipinski definition) is 5. The highest BCUT2D eigenvalue weighted by molar-refractivity contribution is 7.26. The van der Waals surface area contributed by atoms with Crippen LogP contribution in [0.2, 0.25) is 0 Å². The molecule has 0 aliphatic carbocycles. The van der Waals surface area contributed by atoms with Crippen molar-refractivity contribution in [3.05, 3.63) is 300 Å². The van der Waals surface area contributed by atoms with Gasteiger partial charge in [0.05, 0.1) is 33.5 Å². The first-order valence-corrected chi connectivity index (χ1v) is 32.3. The highest BCUT2D eigenvalue weighted by atomic mass is 32.1. The second-order valence-electron chi connectivity index (χ2n) is 24.2. The Morgan fingerprint density at radius 2 is 0.670 bits per heavy atom. The second-order valence-corrected chi connectivity index (χ2v) is 26.3. The van der Waals surface area contributed by atoms with Gasteiger partial charge in [-0.25, -0.2) is 4.98 Å². The van der Waals surface area contributed by atoms with Crippen LogP contribution in [0.5, 0.6) is 0 Å². The van der Waals surface area contributed by atoms with Gasteiger partial charge in [0.15, 0.2) is 0 Å². The van der Waals surface area contributed by atoms with Gasteiger partial charge < -0.3 is 4.57 Å². The minimum Gasteiger partial charge on any atom is -0.321 e. The molecule has 8 aromatic heterocycles. The molecule has 0 radical (unpaired) electrons. The zero-order chi connectivity index (χ0) is 59.7. The van der Waals surface area contributed by atoms with E-state index in [0.717, 1.165) is 138 Å². The van der Waals surface area contributed by atoms with E-state index in [4.69, 9.17) is 4.98 Å². The minimum atomic E-state index is -0.0491. The van der Waals surface area contributed by atoms with Gasteiger partial charge in [-0.2, -0.15) is 0 Å². The van der Waals surface area contributed by atoms with Gasteiger partial charge in [0, 0.05) is 113 Å². The third-order valence-corrected chi connectivity index (χ3v) is 21.4. The normalized spacial score (nSPS) is 12.3. The summed E-state index contributed by atoms with van der Waals surface area (Å²) in [5.41, 5.74) is 17.0. The number of hydrogen-bond donors (Lipinski definition) is 0. The molecule has 91 heavy (non-hydrogen) atoms. The summed E-state index contributed by atoms with van der Waals surface area (Å²) in [6.45, 7) is 0. The van der Waals surface area contributed by atoms with Crippen LogP contribution in [0.1, 0.15) is 0 Å². The third-order valence-electron chi connectivity index (χ3n) is 19.1. The molecule has 0 amide bonds. The maximum absolute atomic E-state index is 15.5. The molecular formula is C83H46N4O2S2.